The second kappa shape index (κ2) is 14.6. The topological polar surface area (TPSA) is 105 Å². The van der Waals surface area contributed by atoms with Gasteiger partial charge in [0.05, 0.1) is 23.9 Å². The highest BCUT2D eigenvalue weighted by Crippen LogP contribution is 2.15. The Balaban J connectivity index is 1.48. The summed E-state index contributed by atoms with van der Waals surface area (Å²) in [5.41, 5.74) is 2.02. The number of carbonyl (C=O) groups is 2. The summed E-state index contributed by atoms with van der Waals surface area (Å²) in [6, 6.07) is 26.2. The molecule has 1 unspecified atom stereocenters. The number of amides is 3. The maximum absolute atomic E-state index is 13.7. The molecule has 212 valence electrons. The molecule has 1 aliphatic heterocycles. The molecule has 3 amide bonds. The van der Waals surface area contributed by atoms with Crippen molar-refractivity contribution in [3.63, 3.8) is 0 Å². The molecule has 2 atom stereocenters. The van der Waals surface area contributed by atoms with Crippen molar-refractivity contribution >= 4 is 21.8 Å². The summed E-state index contributed by atoms with van der Waals surface area (Å²) in [5.74, 6) is -0.430. The zero-order valence-corrected chi connectivity index (χ0v) is 23.4. The first-order chi connectivity index (χ1) is 19.4. The Morgan fingerprint density at radius 3 is 1.98 bits per heavy atom. The van der Waals surface area contributed by atoms with Gasteiger partial charge >= 0.3 is 6.03 Å². The molecule has 0 saturated carbocycles. The van der Waals surface area contributed by atoms with Crippen LogP contribution in [0, 0.1) is 0 Å². The van der Waals surface area contributed by atoms with E-state index >= 15 is 0 Å². The lowest BCUT2D eigenvalue weighted by molar-refractivity contribution is -0.123. The molecule has 1 heterocycles. The van der Waals surface area contributed by atoms with Gasteiger partial charge in [-0.25, -0.2) is 13.2 Å². The molecule has 0 aromatic heterocycles. The molecule has 2 N–H and O–H groups in total. The van der Waals surface area contributed by atoms with E-state index in [9.17, 15) is 18.0 Å². The smallest absolute Gasteiger partial charge is 0.318 e. The van der Waals surface area contributed by atoms with Gasteiger partial charge in [0.15, 0.2) is 9.84 Å². The van der Waals surface area contributed by atoms with Gasteiger partial charge in [-0.1, -0.05) is 78.9 Å². The Morgan fingerprint density at radius 2 is 1.35 bits per heavy atom. The lowest BCUT2D eigenvalue weighted by Crippen LogP contribution is -2.55. The van der Waals surface area contributed by atoms with E-state index in [0.717, 1.165) is 11.1 Å². The highest BCUT2D eigenvalue weighted by Gasteiger charge is 2.27. The van der Waals surface area contributed by atoms with Crippen molar-refractivity contribution in [3.05, 3.63) is 102 Å². The number of urea groups is 1. The Kier molecular flexibility index (Phi) is 10.7. The number of hydrogen-bond acceptors (Lipinski definition) is 5. The molecular weight excluding hydrogens is 526 g/mol. The SMILES string of the molecule is O=C(NC(CCc1ccccc1)CCS(=O)(=O)c1ccccc1)[C@H](Cc1ccccc1)NC(=O)N1CCOCC1. The largest absolute Gasteiger partial charge is 0.378 e. The summed E-state index contributed by atoms with van der Waals surface area (Å²) < 4.78 is 31.4. The second-order valence-electron chi connectivity index (χ2n) is 9.94. The average Bonchev–Trinajstić information content (AvgIpc) is 3.00. The van der Waals surface area contributed by atoms with Gasteiger partial charge in [0.2, 0.25) is 5.91 Å². The molecule has 1 aliphatic rings. The van der Waals surface area contributed by atoms with Crippen molar-refractivity contribution in [1.29, 1.82) is 0 Å². The maximum Gasteiger partial charge on any atom is 0.318 e. The van der Waals surface area contributed by atoms with E-state index < -0.39 is 21.9 Å². The number of morpholine rings is 1. The Hall–Kier alpha value is -3.69. The Bertz CT molecular complexity index is 1310. The Labute approximate surface area is 236 Å². The predicted octanol–water partition coefficient (Wildman–Crippen LogP) is 3.62. The first-order valence-corrected chi connectivity index (χ1v) is 15.3. The highest BCUT2D eigenvalue weighted by atomic mass is 32.2. The van der Waals surface area contributed by atoms with Crippen molar-refractivity contribution in [1.82, 2.24) is 15.5 Å². The number of carbonyl (C=O) groups excluding carboxylic acids is 2. The quantitative estimate of drug-likeness (QED) is 0.350. The van der Waals surface area contributed by atoms with Gasteiger partial charge in [-0.3, -0.25) is 4.79 Å². The monoisotopic (exact) mass is 563 g/mol. The van der Waals surface area contributed by atoms with E-state index in [0.29, 0.717) is 45.6 Å². The lowest BCUT2D eigenvalue weighted by Gasteiger charge is -2.30. The van der Waals surface area contributed by atoms with Crippen LogP contribution in [0.25, 0.3) is 0 Å². The number of rotatable bonds is 12. The molecule has 3 aromatic carbocycles. The third-order valence-electron chi connectivity index (χ3n) is 7.00. The van der Waals surface area contributed by atoms with Gasteiger partial charge < -0.3 is 20.3 Å². The van der Waals surface area contributed by atoms with Crippen molar-refractivity contribution in [2.75, 3.05) is 32.1 Å². The van der Waals surface area contributed by atoms with Crippen LogP contribution >= 0.6 is 0 Å². The number of nitrogens with one attached hydrogen (secondary N) is 2. The van der Waals surface area contributed by atoms with E-state index in [1.54, 1.807) is 35.2 Å². The number of benzene rings is 3. The van der Waals surface area contributed by atoms with Crippen molar-refractivity contribution < 1.29 is 22.7 Å². The van der Waals surface area contributed by atoms with Crippen LogP contribution in [0.3, 0.4) is 0 Å². The van der Waals surface area contributed by atoms with E-state index in [4.69, 9.17) is 4.74 Å². The van der Waals surface area contributed by atoms with Crippen LogP contribution in [0.1, 0.15) is 24.0 Å². The highest BCUT2D eigenvalue weighted by molar-refractivity contribution is 7.91. The maximum atomic E-state index is 13.7. The summed E-state index contributed by atoms with van der Waals surface area (Å²) in [7, 11) is -3.52. The van der Waals surface area contributed by atoms with Crippen LogP contribution in [0.4, 0.5) is 4.79 Å². The van der Waals surface area contributed by atoms with E-state index in [2.05, 4.69) is 10.6 Å². The summed E-state index contributed by atoms with van der Waals surface area (Å²) in [4.78, 5) is 28.6. The van der Waals surface area contributed by atoms with Gasteiger partial charge in [0, 0.05) is 25.6 Å². The summed E-state index contributed by atoms with van der Waals surface area (Å²) in [5, 5.41) is 5.99. The molecule has 1 saturated heterocycles. The lowest BCUT2D eigenvalue weighted by atomic mass is 10.0. The molecule has 0 radical (unpaired) electrons. The Morgan fingerprint density at radius 1 is 0.775 bits per heavy atom. The van der Waals surface area contributed by atoms with Crippen molar-refractivity contribution in [3.8, 4) is 0 Å². The third kappa shape index (κ3) is 8.93. The fourth-order valence-electron chi connectivity index (χ4n) is 4.68. The van der Waals surface area contributed by atoms with Crippen LogP contribution in [-0.2, 0) is 32.2 Å². The van der Waals surface area contributed by atoms with Crippen LogP contribution in [0.15, 0.2) is 95.9 Å². The predicted molar refractivity (Wildman–Crippen MR) is 155 cm³/mol. The first kappa shape index (κ1) is 29.3. The minimum absolute atomic E-state index is 0.0970. The molecule has 3 aromatic rings. The number of nitrogens with zero attached hydrogens (tertiary/aromatic N) is 1. The normalized spacial score (nSPS) is 15.2. The van der Waals surface area contributed by atoms with Gasteiger partial charge in [-0.05, 0) is 42.5 Å². The van der Waals surface area contributed by atoms with Gasteiger partial charge in [0.1, 0.15) is 6.04 Å². The standard InChI is InChI=1S/C31H37N3O5S/c35-30(29(24-26-12-6-2-7-13-26)33-31(36)34-19-21-39-22-20-34)32-27(17-16-25-10-4-1-5-11-25)18-23-40(37,38)28-14-8-3-9-15-28/h1-15,27,29H,16-24H2,(H,32,35)(H,33,36)/t27?,29-/m0/s1. The molecule has 0 aliphatic carbocycles. The second-order valence-corrected chi connectivity index (χ2v) is 12.1. The number of sulfone groups is 1. The average molecular weight is 564 g/mol. The summed E-state index contributed by atoms with van der Waals surface area (Å²) in [6.07, 6.45) is 1.82. The van der Waals surface area contributed by atoms with E-state index in [1.807, 2.05) is 60.7 Å². The van der Waals surface area contributed by atoms with Gasteiger partial charge in [-0.2, -0.15) is 0 Å². The van der Waals surface area contributed by atoms with Crippen LogP contribution in [-0.4, -0.2) is 69.4 Å². The van der Waals surface area contributed by atoms with Gasteiger partial charge in [0.25, 0.3) is 0 Å². The van der Waals surface area contributed by atoms with Crippen LogP contribution < -0.4 is 10.6 Å². The molecule has 9 heteroatoms. The van der Waals surface area contributed by atoms with Crippen LogP contribution in [0.5, 0.6) is 0 Å². The van der Waals surface area contributed by atoms with Crippen LogP contribution in [0.2, 0.25) is 0 Å². The number of ether oxygens (including phenoxy) is 1. The molecule has 4 rings (SSSR count). The number of aryl methyl sites for hydroxylation is 1. The van der Waals surface area contributed by atoms with Gasteiger partial charge in [-0.15, -0.1) is 0 Å². The molecule has 0 spiro atoms. The molecule has 0 bridgehead atoms. The zero-order valence-electron chi connectivity index (χ0n) is 22.6. The van der Waals surface area contributed by atoms with E-state index in [1.165, 1.54) is 0 Å². The minimum Gasteiger partial charge on any atom is -0.378 e. The molecule has 1 fully saturated rings. The number of hydrogen-bond donors (Lipinski definition) is 2. The molecular formula is C31H37N3O5S. The molecule has 40 heavy (non-hydrogen) atoms. The van der Waals surface area contributed by atoms with Crippen molar-refractivity contribution in [2.24, 2.45) is 0 Å². The minimum atomic E-state index is -3.52. The van der Waals surface area contributed by atoms with E-state index in [-0.39, 0.29) is 29.0 Å². The molecule has 8 nitrogen and oxygen atoms in total. The summed E-state index contributed by atoms with van der Waals surface area (Å²) >= 11 is 0. The third-order valence-corrected chi connectivity index (χ3v) is 8.77. The van der Waals surface area contributed by atoms with Crippen molar-refractivity contribution in [2.45, 2.75) is 42.7 Å². The fraction of sp³-hybridized carbons (Fsp3) is 0.355. The fourth-order valence-corrected chi connectivity index (χ4v) is 6.09. The summed E-state index contributed by atoms with van der Waals surface area (Å²) in [6.45, 7) is 1.84. The zero-order chi connectivity index (χ0) is 28.2. The first-order valence-electron chi connectivity index (χ1n) is 13.7.